The van der Waals surface area contributed by atoms with Gasteiger partial charge in [0.1, 0.15) is 0 Å². The van der Waals surface area contributed by atoms with Gasteiger partial charge in [0.05, 0.1) is 0 Å². The molecular weight excluding hydrogens is 497 g/mol. The van der Waals surface area contributed by atoms with E-state index in [4.69, 9.17) is 0 Å². The molecule has 1 aliphatic rings. The Morgan fingerprint density at radius 1 is 0.321 bits per heavy atom. The summed E-state index contributed by atoms with van der Waals surface area (Å²) in [6.07, 6.45) is -2.19. The lowest BCUT2D eigenvalue weighted by Gasteiger charge is -3.05. The Kier molecular flexibility index (Phi) is 7.39. The number of rotatable bonds is 6. The molecule has 1 rings (SSSR count). The zero-order valence-corrected chi connectivity index (χ0v) is 33.0. The maximum absolute atomic E-state index is 2.92. The molecule has 0 aromatic carbocycles. The van der Waals surface area contributed by atoms with E-state index < -0.39 is 57.8 Å². The summed E-state index contributed by atoms with van der Waals surface area (Å²) in [4.78, 5) is 0. The molecule has 0 spiro atoms. The van der Waals surface area contributed by atoms with E-state index in [2.05, 4.69) is 118 Å². The molecule has 0 aromatic heterocycles. The van der Waals surface area contributed by atoms with Crippen LogP contribution in [0.15, 0.2) is 0 Å². The van der Waals surface area contributed by atoms with Crippen LogP contribution in [-0.2, 0) is 0 Å². The van der Waals surface area contributed by atoms with E-state index in [1.54, 1.807) is 0 Å². The Bertz CT molecular complexity index is 493. The van der Waals surface area contributed by atoms with Crippen molar-refractivity contribution in [3.05, 3.63) is 0 Å². The smallest absolute Gasteiger partial charge is 0.0283 e. The molecule has 0 radical (unpaired) electrons. The molecular formula is C18H54Si10-2. The molecule has 1 saturated heterocycles. The van der Waals surface area contributed by atoms with Gasteiger partial charge in [0.25, 0.3) is 0 Å². The zero-order valence-electron chi connectivity index (χ0n) is 23.0. The molecule has 0 atom stereocenters. The van der Waals surface area contributed by atoms with Crippen LogP contribution in [0.1, 0.15) is 0 Å². The summed E-state index contributed by atoms with van der Waals surface area (Å²) in [5.41, 5.74) is 0. The quantitative estimate of drug-likeness (QED) is 0.323. The molecule has 0 aromatic rings. The van der Waals surface area contributed by atoms with Crippen molar-refractivity contribution in [3.63, 3.8) is 0 Å². The molecule has 0 N–H and O–H groups in total. The minimum absolute atomic E-state index is 0.0756. The van der Waals surface area contributed by atoms with E-state index >= 15 is 0 Å². The van der Waals surface area contributed by atoms with Gasteiger partial charge in [-0.1, -0.05) is 118 Å². The summed E-state index contributed by atoms with van der Waals surface area (Å²) in [5, 5.41) is 0. The van der Waals surface area contributed by atoms with E-state index in [1.807, 2.05) is 0 Å². The summed E-state index contributed by atoms with van der Waals surface area (Å²) in [5.74, 6) is 0. The van der Waals surface area contributed by atoms with Crippen LogP contribution in [0.4, 0.5) is 0 Å². The van der Waals surface area contributed by atoms with Crippen molar-refractivity contribution in [2.45, 2.75) is 118 Å². The largest absolute Gasteiger partial charge is 0.326 e. The van der Waals surface area contributed by atoms with Gasteiger partial charge in [-0.05, 0) is 30.4 Å². The van der Waals surface area contributed by atoms with Gasteiger partial charge in [0.2, 0.25) is 0 Å². The van der Waals surface area contributed by atoms with E-state index in [9.17, 15) is 0 Å². The van der Waals surface area contributed by atoms with E-state index in [-0.39, 0.29) is 14.7 Å². The second-order valence-electron chi connectivity index (χ2n) is 15.8. The summed E-state index contributed by atoms with van der Waals surface area (Å²) in [6.45, 7) is 52.4. The third-order valence-electron chi connectivity index (χ3n) is 7.50. The van der Waals surface area contributed by atoms with Crippen molar-refractivity contribution >= 4 is 72.5 Å². The first kappa shape index (κ1) is 28.2. The standard InChI is InChI=1S/C18H54Si10/c1-21(2,3)19-27(23(7,8)9,24(10,11)12)20(22(4,5)6)28(19,25(13,14)15)26(16,17)18/h1-18H3/q-2. The van der Waals surface area contributed by atoms with Crippen LogP contribution in [0.3, 0.4) is 0 Å². The lowest BCUT2D eigenvalue weighted by molar-refractivity contribution is 1.76. The first-order valence-corrected chi connectivity index (χ1v) is 49.5. The maximum atomic E-state index is 2.92. The molecule has 28 heavy (non-hydrogen) atoms. The van der Waals surface area contributed by atoms with Gasteiger partial charge < -0.3 is 14.7 Å². The normalized spacial score (nSPS) is 22.9. The number of hydrogen-bond acceptors (Lipinski definition) is 0. The summed E-state index contributed by atoms with van der Waals surface area (Å²) >= 11 is 0. The van der Waals surface area contributed by atoms with Crippen molar-refractivity contribution < 1.29 is 0 Å². The van der Waals surface area contributed by atoms with Gasteiger partial charge in [-0.15, -0.1) is 15.2 Å². The molecule has 1 aliphatic heterocycles. The van der Waals surface area contributed by atoms with Crippen LogP contribution >= 0.6 is 0 Å². The van der Waals surface area contributed by atoms with Crippen LogP contribution in [0.5, 0.6) is 0 Å². The van der Waals surface area contributed by atoms with Crippen molar-refractivity contribution in [2.75, 3.05) is 0 Å². The highest BCUT2D eigenvalue weighted by Gasteiger charge is 2.68. The average molecular weight is 551 g/mol. The van der Waals surface area contributed by atoms with Gasteiger partial charge in [-0.2, -0.15) is 0 Å². The predicted octanol–water partition coefficient (Wildman–Crippen LogP) is 6.70. The first-order chi connectivity index (χ1) is 11.7. The summed E-state index contributed by atoms with van der Waals surface area (Å²) in [6, 6.07) is 0. The van der Waals surface area contributed by atoms with Gasteiger partial charge in [-0.3, -0.25) is 12.3 Å². The molecule has 0 nitrogen and oxygen atoms in total. The highest BCUT2D eigenvalue weighted by Crippen LogP contribution is 2.57. The fourth-order valence-corrected chi connectivity index (χ4v) is 658. The van der Waals surface area contributed by atoms with Crippen LogP contribution in [-0.4, -0.2) is 72.5 Å². The molecule has 0 unspecified atom stereocenters. The van der Waals surface area contributed by atoms with Crippen molar-refractivity contribution in [3.8, 4) is 0 Å². The molecule has 0 bridgehead atoms. The molecule has 1 heterocycles. The minimum Gasteiger partial charge on any atom is -0.326 e. The van der Waals surface area contributed by atoms with Crippen LogP contribution in [0.25, 0.3) is 0 Å². The molecule has 0 saturated carbocycles. The van der Waals surface area contributed by atoms with Crippen molar-refractivity contribution in [2.24, 2.45) is 0 Å². The Balaban J connectivity index is 4.32. The zero-order chi connectivity index (χ0) is 23.2. The predicted molar refractivity (Wildman–Crippen MR) is 163 cm³/mol. The molecule has 168 valence electrons. The van der Waals surface area contributed by atoms with Crippen LogP contribution in [0.2, 0.25) is 118 Å². The lowest BCUT2D eigenvalue weighted by Crippen LogP contribution is -3.18. The Morgan fingerprint density at radius 2 is 0.464 bits per heavy atom. The Hall–Kier alpha value is 2.17. The highest BCUT2D eigenvalue weighted by molar-refractivity contribution is 8.46. The van der Waals surface area contributed by atoms with Gasteiger partial charge in [-0.25, -0.2) is 0 Å². The molecule has 0 amide bonds. The van der Waals surface area contributed by atoms with Crippen molar-refractivity contribution in [1.29, 1.82) is 0 Å². The van der Waals surface area contributed by atoms with Gasteiger partial charge in [0, 0.05) is 0 Å². The highest BCUT2D eigenvalue weighted by atomic mass is 30.7. The number of hydrogen-bond donors (Lipinski definition) is 0. The lowest BCUT2D eigenvalue weighted by atomic mass is 11.8. The van der Waals surface area contributed by atoms with E-state index in [0.29, 0.717) is 0 Å². The fourth-order valence-electron chi connectivity index (χ4n) is 8.25. The van der Waals surface area contributed by atoms with E-state index in [1.165, 1.54) is 0 Å². The van der Waals surface area contributed by atoms with E-state index in [0.717, 1.165) is 0 Å². The van der Waals surface area contributed by atoms with Crippen LogP contribution < -0.4 is 0 Å². The van der Waals surface area contributed by atoms with Crippen LogP contribution in [0, 0.1) is 0 Å². The Morgan fingerprint density at radius 3 is 0.536 bits per heavy atom. The minimum atomic E-state index is -1.11. The summed E-state index contributed by atoms with van der Waals surface area (Å²) < 4.78 is 0. The van der Waals surface area contributed by atoms with Gasteiger partial charge in [0.15, 0.2) is 0 Å². The molecule has 1 fully saturated rings. The van der Waals surface area contributed by atoms with Crippen molar-refractivity contribution in [1.82, 2.24) is 0 Å². The second kappa shape index (κ2) is 7.34. The Labute approximate surface area is 189 Å². The topological polar surface area (TPSA) is 0 Å². The maximum Gasteiger partial charge on any atom is -0.0283 e. The SMILES string of the molecule is C[Si](C)(C)[Si-]1[Si]([Si](C)(C)C)([Si](C)(C)C)[Si-]([Si](C)(C)C)[Si]1([Si](C)(C)C)[Si](C)(C)C. The average Bonchev–Trinajstić information content (AvgIpc) is 2.13. The van der Waals surface area contributed by atoms with Gasteiger partial charge >= 0.3 is 0 Å². The third-order valence-corrected chi connectivity index (χ3v) is 284. The summed E-state index contributed by atoms with van der Waals surface area (Å²) in [7, 11) is -6.78. The fraction of sp³-hybridized carbons (Fsp3) is 1.00. The molecule has 0 aliphatic carbocycles. The molecule has 10 heteroatoms. The second-order valence-corrected chi connectivity index (χ2v) is 128. The monoisotopic (exact) mass is 550 g/mol. The first-order valence-electron chi connectivity index (χ1n) is 11.5. The third kappa shape index (κ3) is 3.78.